The van der Waals surface area contributed by atoms with Crippen molar-refractivity contribution >= 4 is 12.0 Å². The van der Waals surface area contributed by atoms with Gasteiger partial charge in [0.25, 0.3) is 0 Å². The van der Waals surface area contributed by atoms with E-state index in [-0.39, 0.29) is 19.3 Å². The minimum absolute atomic E-state index is 0.124. The fourth-order valence-corrected chi connectivity index (χ4v) is 1.40. The molecular weight excluding hydrogens is 265 g/mol. The molecule has 3 N–H and O–H groups in total. The number of carbonyl (C=O) groups is 2. The van der Waals surface area contributed by atoms with E-state index >= 15 is 0 Å². The Hall–Kier alpha value is -1.47. The maximum Gasteiger partial charge on any atom is 0.408 e. The normalized spacial score (nSPS) is 13.8. The molecule has 0 aliphatic carbocycles. The molecule has 0 fully saturated rings. The van der Waals surface area contributed by atoms with Crippen molar-refractivity contribution in [3.8, 4) is 0 Å². The number of aliphatic carboxylic acids is 1. The predicted molar refractivity (Wildman–Crippen MR) is 62.8 cm³/mol. The van der Waals surface area contributed by atoms with Crippen LogP contribution in [-0.4, -0.2) is 34.9 Å². The summed E-state index contributed by atoms with van der Waals surface area (Å²) in [5.74, 6) is -1.03. The molecule has 112 valence electrons. The Balaban J connectivity index is 4.40. The van der Waals surface area contributed by atoms with Gasteiger partial charge in [-0.15, -0.1) is 0 Å². The molecule has 0 rings (SSSR count). The number of amides is 2. The van der Waals surface area contributed by atoms with Crippen LogP contribution in [0.2, 0.25) is 0 Å². The molecule has 0 radical (unpaired) electrons. The van der Waals surface area contributed by atoms with Crippen molar-refractivity contribution < 1.29 is 27.9 Å². The van der Waals surface area contributed by atoms with Gasteiger partial charge in [-0.1, -0.05) is 6.92 Å². The van der Waals surface area contributed by atoms with E-state index in [0.29, 0.717) is 0 Å². The summed E-state index contributed by atoms with van der Waals surface area (Å²) < 4.78 is 37.3. The molecule has 19 heavy (non-hydrogen) atoms. The molecule has 8 heteroatoms. The third-order valence-corrected chi connectivity index (χ3v) is 2.52. The second-order valence-electron chi connectivity index (χ2n) is 4.88. The van der Waals surface area contributed by atoms with Gasteiger partial charge in [0.15, 0.2) is 0 Å². The molecule has 0 saturated carbocycles. The van der Waals surface area contributed by atoms with Crippen LogP contribution in [-0.2, 0) is 4.79 Å². The SMILES string of the molecule is CC[C@H](NC(=O)NC(C)(C)CCC(=O)O)C(F)(F)F. The zero-order chi connectivity index (χ0) is 15.3. The third kappa shape index (κ3) is 7.53. The predicted octanol–water partition coefficient (Wildman–Crippen LogP) is 2.27. The summed E-state index contributed by atoms with van der Waals surface area (Å²) in [6, 6.07) is -2.87. The largest absolute Gasteiger partial charge is 0.481 e. The number of halogens is 3. The average molecular weight is 284 g/mol. The van der Waals surface area contributed by atoms with Crippen LogP contribution in [0.5, 0.6) is 0 Å². The number of carbonyl (C=O) groups excluding carboxylic acids is 1. The van der Waals surface area contributed by atoms with Crippen LogP contribution in [0.25, 0.3) is 0 Å². The van der Waals surface area contributed by atoms with Crippen molar-refractivity contribution in [2.24, 2.45) is 0 Å². The zero-order valence-corrected chi connectivity index (χ0v) is 11.1. The van der Waals surface area contributed by atoms with E-state index in [9.17, 15) is 22.8 Å². The number of carboxylic acids is 1. The van der Waals surface area contributed by atoms with Crippen LogP contribution in [0.1, 0.15) is 40.0 Å². The monoisotopic (exact) mass is 284 g/mol. The third-order valence-electron chi connectivity index (χ3n) is 2.52. The molecule has 0 saturated heterocycles. The minimum atomic E-state index is -4.50. The van der Waals surface area contributed by atoms with E-state index < -0.39 is 29.8 Å². The van der Waals surface area contributed by atoms with Gasteiger partial charge in [0.05, 0.1) is 0 Å². The first-order valence-electron chi connectivity index (χ1n) is 5.85. The first-order chi connectivity index (χ1) is 8.48. The summed E-state index contributed by atoms with van der Waals surface area (Å²) in [5, 5.41) is 12.7. The quantitative estimate of drug-likeness (QED) is 0.700. The Kier molecular flexibility index (Phi) is 6.11. The Morgan fingerprint density at radius 3 is 2.16 bits per heavy atom. The topological polar surface area (TPSA) is 78.4 Å². The molecule has 1 atom stereocenters. The molecule has 5 nitrogen and oxygen atoms in total. The molecule has 0 aromatic carbocycles. The number of urea groups is 1. The lowest BCUT2D eigenvalue weighted by molar-refractivity contribution is -0.153. The summed E-state index contributed by atoms with van der Waals surface area (Å²) >= 11 is 0. The molecule has 0 aliphatic heterocycles. The molecule has 2 amide bonds. The van der Waals surface area contributed by atoms with Crippen LogP contribution in [0.3, 0.4) is 0 Å². The van der Waals surface area contributed by atoms with Gasteiger partial charge >= 0.3 is 18.2 Å². The summed E-state index contributed by atoms with van der Waals surface area (Å²) in [5.41, 5.74) is -0.896. The van der Waals surface area contributed by atoms with Crippen LogP contribution >= 0.6 is 0 Å². The summed E-state index contributed by atoms with van der Waals surface area (Å²) in [7, 11) is 0. The number of carboxylic acid groups (broad SMARTS) is 1. The lowest BCUT2D eigenvalue weighted by Crippen LogP contribution is -2.54. The van der Waals surface area contributed by atoms with Crippen molar-refractivity contribution in [3.63, 3.8) is 0 Å². The zero-order valence-electron chi connectivity index (χ0n) is 11.1. The van der Waals surface area contributed by atoms with Gasteiger partial charge in [0.2, 0.25) is 0 Å². The number of hydrogen-bond donors (Lipinski definition) is 3. The molecule has 0 aliphatic rings. The van der Waals surface area contributed by atoms with Crippen molar-refractivity contribution in [1.82, 2.24) is 10.6 Å². The van der Waals surface area contributed by atoms with Crippen molar-refractivity contribution in [3.05, 3.63) is 0 Å². The average Bonchev–Trinajstić information content (AvgIpc) is 2.21. The number of nitrogens with one attached hydrogen (secondary N) is 2. The molecule has 0 heterocycles. The number of hydrogen-bond acceptors (Lipinski definition) is 2. The second-order valence-corrected chi connectivity index (χ2v) is 4.88. The van der Waals surface area contributed by atoms with E-state index in [1.54, 1.807) is 13.8 Å². The van der Waals surface area contributed by atoms with Gasteiger partial charge < -0.3 is 15.7 Å². The van der Waals surface area contributed by atoms with E-state index in [1.165, 1.54) is 6.92 Å². The standard InChI is InChI=1S/C11H19F3N2O3/c1-4-7(11(12,13)14)15-9(19)16-10(2,3)6-5-8(17)18/h7H,4-6H2,1-3H3,(H,17,18)(H2,15,16,19)/t7-/m0/s1. The maximum absolute atomic E-state index is 12.4. The Labute approximate surface area is 109 Å². The summed E-state index contributed by atoms with van der Waals surface area (Å²) in [6.07, 6.45) is -4.83. The van der Waals surface area contributed by atoms with Crippen molar-refractivity contribution in [1.29, 1.82) is 0 Å². The summed E-state index contributed by atoms with van der Waals surface area (Å²) in [6.45, 7) is 4.40. The molecule has 0 spiro atoms. The minimum Gasteiger partial charge on any atom is -0.481 e. The summed E-state index contributed by atoms with van der Waals surface area (Å²) in [4.78, 5) is 21.9. The van der Waals surface area contributed by atoms with Gasteiger partial charge in [0, 0.05) is 12.0 Å². The Morgan fingerprint density at radius 2 is 1.79 bits per heavy atom. The highest BCUT2D eigenvalue weighted by Gasteiger charge is 2.39. The maximum atomic E-state index is 12.4. The first-order valence-corrected chi connectivity index (χ1v) is 5.85. The van der Waals surface area contributed by atoms with Gasteiger partial charge in [-0.25, -0.2) is 4.79 Å². The second kappa shape index (κ2) is 6.63. The van der Waals surface area contributed by atoms with Crippen LogP contribution < -0.4 is 10.6 Å². The van der Waals surface area contributed by atoms with E-state index in [2.05, 4.69) is 5.32 Å². The van der Waals surface area contributed by atoms with Crippen LogP contribution in [0, 0.1) is 0 Å². The lowest BCUT2D eigenvalue weighted by atomic mass is 9.99. The highest BCUT2D eigenvalue weighted by molar-refractivity contribution is 5.75. The fraction of sp³-hybridized carbons (Fsp3) is 0.818. The highest BCUT2D eigenvalue weighted by atomic mass is 19.4. The molecule has 0 aromatic rings. The van der Waals surface area contributed by atoms with E-state index in [0.717, 1.165) is 0 Å². The first kappa shape index (κ1) is 17.5. The van der Waals surface area contributed by atoms with Crippen LogP contribution in [0.15, 0.2) is 0 Å². The van der Waals surface area contributed by atoms with Gasteiger partial charge in [0.1, 0.15) is 6.04 Å². The van der Waals surface area contributed by atoms with Gasteiger partial charge in [-0.2, -0.15) is 13.2 Å². The molecule has 0 unspecified atom stereocenters. The smallest absolute Gasteiger partial charge is 0.408 e. The number of rotatable bonds is 6. The Morgan fingerprint density at radius 1 is 1.26 bits per heavy atom. The fourth-order valence-electron chi connectivity index (χ4n) is 1.40. The number of alkyl halides is 3. The van der Waals surface area contributed by atoms with Crippen molar-refractivity contribution in [2.45, 2.75) is 57.8 Å². The van der Waals surface area contributed by atoms with E-state index in [1.807, 2.05) is 5.32 Å². The highest BCUT2D eigenvalue weighted by Crippen LogP contribution is 2.22. The van der Waals surface area contributed by atoms with Crippen LogP contribution in [0.4, 0.5) is 18.0 Å². The molecule has 0 bridgehead atoms. The Bertz CT molecular complexity index is 330. The lowest BCUT2D eigenvalue weighted by Gasteiger charge is -2.28. The van der Waals surface area contributed by atoms with Crippen molar-refractivity contribution in [2.75, 3.05) is 0 Å². The van der Waals surface area contributed by atoms with Gasteiger partial charge in [-0.05, 0) is 26.7 Å². The molecular formula is C11H19F3N2O3. The molecule has 0 aromatic heterocycles. The van der Waals surface area contributed by atoms with E-state index in [4.69, 9.17) is 5.11 Å². The van der Waals surface area contributed by atoms with Gasteiger partial charge in [-0.3, -0.25) is 4.79 Å².